The first-order chi connectivity index (χ1) is 10.2. The number of carbonyl (C=O) groups excluding carboxylic acids is 1. The number of nitrogens with one attached hydrogen (secondary N) is 1. The van der Waals surface area contributed by atoms with Crippen molar-refractivity contribution in [3.05, 3.63) is 36.4 Å². The number of aromatic nitrogens is 2. The van der Waals surface area contributed by atoms with Gasteiger partial charge in [-0.05, 0) is 24.8 Å². The van der Waals surface area contributed by atoms with Crippen molar-refractivity contribution in [2.75, 3.05) is 18.4 Å². The fraction of sp³-hybridized carbons (Fsp3) is 0.375. The molecule has 0 spiro atoms. The molecule has 1 aromatic carbocycles. The summed E-state index contributed by atoms with van der Waals surface area (Å²) < 4.78 is 1.79. The minimum Gasteiger partial charge on any atom is -0.325 e. The van der Waals surface area contributed by atoms with E-state index in [2.05, 4.69) is 10.4 Å². The van der Waals surface area contributed by atoms with E-state index in [1.807, 2.05) is 48.3 Å². The number of anilines is 1. The second kappa shape index (κ2) is 5.99. The van der Waals surface area contributed by atoms with Crippen molar-refractivity contribution in [2.24, 2.45) is 7.05 Å². The quantitative estimate of drug-likeness (QED) is 0.921. The Kier molecular flexibility index (Phi) is 3.90. The molecule has 0 saturated carbocycles. The maximum Gasteiger partial charge on any atom is 0.323 e. The average Bonchev–Trinajstić information content (AvgIpc) is 2.89. The predicted octanol–water partition coefficient (Wildman–Crippen LogP) is 3.10. The van der Waals surface area contributed by atoms with Crippen LogP contribution in [-0.4, -0.2) is 33.8 Å². The molecule has 5 nitrogen and oxygen atoms in total. The molecular weight excluding hydrogens is 264 g/mol. The fourth-order valence-corrected chi connectivity index (χ4v) is 2.69. The van der Waals surface area contributed by atoms with Crippen LogP contribution in [0.2, 0.25) is 0 Å². The van der Waals surface area contributed by atoms with E-state index in [0.29, 0.717) is 5.82 Å². The third-order valence-corrected chi connectivity index (χ3v) is 3.83. The first kappa shape index (κ1) is 13.7. The minimum atomic E-state index is -0.0487. The Bertz CT molecular complexity index is 614. The van der Waals surface area contributed by atoms with Gasteiger partial charge < -0.3 is 4.90 Å². The Labute approximate surface area is 124 Å². The monoisotopic (exact) mass is 284 g/mol. The smallest absolute Gasteiger partial charge is 0.323 e. The molecule has 0 radical (unpaired) electrons. The van der Waals surface area contributed by atoms with Gasteiger partial charge in [-0.25, -0.2) is 4.79 Å². The van der Waals surface area contributed by atoms with Crippen LogP contribution in [0.15, 0.2) is 36.4 Å². The van der Waals surface area contributed by atoms with Gasteiger partial charge in [-0.1, -0.05) is 30.3 Å². The Balaban J connectivity index is 1.73. The van der Waals surface area contributed by atoms with Crippen molar-refractivity contribution < 1.29 is 4.79 Å². The summed E-state index contributed by atoms with van der Waals surface area (Å²) in [5.74, 6) is 0.604. The van der Waals surface area contributed by atoms with Crippen molar-refractivity contribution >= 4 is 11.8 Å². The standard InChI is InChI=1S/C16H20N4O/c1-19-14(13-8-4-2-5-9-13)12-15(18-19)17-16(21)20-10-6-3-7-11-20/h2,4-5,8-9,12H,3,6-7,10-11H2,1H3,(H,17,18,21). The van der Waals surface area contributed by atoms with Crippen LogP contribution in [0, 0.1) is 0 Å². The fourth-order valence-electron chi connectivity index (χ4n) is 2.69. The molecule has 0 unspecified atom stereocenters. The molecule has 0 bridgehead atoms. The highest BCUT2D eigenvalue weighted by molar-refractivity contribution is 5.89. The van der Waals surface area contributed by atoms with E-state index in [4.69, 9.17) is 0 Å². The summed E-state index contributed by atoms with van der Waals surface area (Å²) in [4.78, 5) is 14.1. The zero-order valence-corrected chi connectivity index (χ0v) is 12.2. The van der Waals surface area contributed by atoms with Crippen molar-refractivity contribution in [3.63, 3.8) is 0 Å². The van der Waals surface area contributed by atoms with Crippen molar-refractivity contribution in [2.45, 2.75) is 19.3 Å². The van der Waals surface area contributed by atoms with Crippen LogP contribution in [0.25, 0.3) is 11.3 Å². The van der Waals surface area contributed by atoms with Crippen LogP contribution >= 0.6 is 0 Å². The Hall–Kier alpha value is -2.30. The summed E-state index contributed by atoms with van der Waals surface area (Å²) >= 11 is 0. The third-order valence-electron chi connectivity index (χ3n) is 3.83. The molecule has 2 amide bonds. The molecule has 110 valence electrons. The molecule has 1 aromatic heterocycles. The summed E-state index contributed by atoms with van der Waals surface area (Å²) in [5, 5.41) is 7.28. The van der Waals surface area contributed by atoms with Crippen LogP contribution < -0.4 is 5.32 Å². The highest BCUT2D eigenvalue weighted by Crippen LogP contribution is 2.22. The topological polar surface area (TPSA) is 50.2 Å². The normalized spacial score (nSPS) is 15.0. The zero-order valence-electron chi connectivity index (χ0n) is 12.2. The number of carbonyl (C=O) groups is 1. The second-order valence-electron chi connectivity index (χ2n) is 5.38. The van der Waals surface area contributed by atoms with Crippen LogP contribution in [0.3, 0.4) is 0 Å². The summed E-state index contributed by atoms with van der Waals surface area (Å²) in [6.07, 6.45) is 3.39. The van der Waals surface area contributed by atoms with Gasteiger partial charge in [-0.3, -0.25) is 10.00 Å². The van der Waals surface area contributed by atoms with E-state index in [0.717, 1.165) is 37.2 Å². The summed E-state index contributed by atoms with van der Waals surface area (Å²) in [7, 11) is 1.89. The average molecular weight is 284 g/mol. The van der Waals surface area contributed by atoms with Crippen molar-refractivity contribution in [3.8, 4) is 11.3 Å². The van der Waals surface area contributed by atoms with Crippen LogP contribution in [0.4, 0.5) is 10.6 Å². The van der Waals surface area contributed by atoms with Gasteiger partial charge in [-0.15, -0.1) is 0 Å². The molecule has 0 atom stereocenters. The van der Waals surface area contributed by atoms with E-state index in [1.54, 1.807) is 4.68 Å². The molecule has 5 heteroatoms. The van der Waals surface area contributed by atoms with Gasteiger partial charge in [0.25, 0.3) is 0 Å². The number of benzene rings is 1. The number of piperidine rings is 1. The Morgan fingerprint density at radius 2 is 1.86 bits per heavy atom. The van der Waals surface area contributed by atoms with Gasteiger partial charge in [0.1, 0.15) is 0 Å². The van der Waals surface area contributed by atoms with Gasteiger partial charge >= 0.3 is 6.03 Å². The largest absolute Gasteiger partial charge is 0.325 e. The maximum atomic E-state index is 12.2. The lowest BCUT2D eigenvalue weighted by atomic mass is 10.1. The minimum absolute atomic E-state index is 0.0487. The second-order valence-corrected chi connectivity index (χ2v) is 5.38. The molecule has 1 aliphatic rings. The van der Waals surface area contributed by atoms with Gasteiger partial charge in [0.2, 0.25) is 0 Å². The summed E-state index contributed by atoms with van der Waals surface area (Å²) in [6.45, 7) is 1.68. The summed E-state index contributed by atoms with van der Waals surface area (Å²) in [6, 6.07) is 11.9. The number of amides is 2. The molecule has 21 heavy (non-hydrogen) atoms. The van der Waals surface area contributed by atoms with Gasteiger partial charge in [0, 0.05) is 26.2 Å². The van der Waals surface area contributed by atoms with Crippen LogP contribution in [0.5, 0.6) is 0 Å². The first-order valence-corrected chi connectivity index (χ1v) is 7.39. The van der Waals surface area contributed by atoms with Crippen molar-refractivity contribution in [1.29, 1.82) is 0 Å². The molecular formula is C16H20N4O. The van der Waals surface area contributed by atoms with E-state index >= 15 is 0 Å². The number of hydrogen-bond acceptors (Lipinski definition) is 2. The molecule has 1 fully saturated rings. The van der Waals surface area contributed by atoms with E-state index in [1.165, 1.54) is 6.42 Å². The number of nitrogens with zero attached hydrogens (tertiary/aromatic N) is 3. The molecule has 1 N–H and O–H groups in total. The third kappa shape index (κ3) is 3.07. The van der Waals surface area contributed by atoms with Gasteiger partial charge in [0.05, 0.1) is 5.69 Å². The molecule has 1 saturated heterocycles. The van der Waals surface area contributed by atoms with Crippen LogP contribution in [-0.2, 0) is 7.05 Å². The molecule has 2 heterocycles. The molecule has 2 aromatic rings. The van der Waals surface area contributed by atoms with Gasteiger partial charge in [0.15, 0.2) is 5.82 Å². The highest BCUT2D eigenvalue weighted by Gasteiger charge is 2.18. The first-order valence-electron chi connectivity index (χ1n) is 7.39. The van der Waals surface area contributed by atoms with Crippen molar-refractivity contribution in [1.82, 2.24) is 14.7 Å². The molecule has 0 aliphatic carbocycles. The lowest BCUT2D eigenvalue weighted by molar-refractivity contribution is 0.200. The number of hydrogen-bond donors (Lipinski definition) is 1. The SMILES string of the molecule is Cn1nc(NC(=O)N2CCCCC2)cc1-c1ccccc1. The zero-order chi connectivity index (χ0) is 14.7. The number of aryl methyl sites for hydroxylation is 1. The number of urea groups is 1. The highest BCUT2D eigenvalue weighted by atomic mass is 16.2. The number of rotatable bonds is 2. The molecule has 1 aliphatic heterocycles. The predicted molar refractivity (Wildman–Crippen MR) is 83.1 cm³/mol. The Morgan fingerprint density at radius 3 is 2.57 bits per heavy atom. The van der Waals surface area contributed by atoms with Gasteiger partial charge in [-0.2, -0.15) is 5.10 Å². The van der Waals surface area contributed by atoms with E-state index in [-0.39, 0.29) is 6.03 Å². The molecule has 3 rings (SSSR count). The van der Waals surface area contributed by atoms with E-state index < -0.39 is 0 Å². The lowest BCUT2D eigenvalue weighted by Crippen LogP contribution is -2.38. The number of likely N-dealkylation sites (tertiary alicyclic amines) is 1. The lowest BCUT2D eigenvalue weighted by Gasteiger charge is -2.26. The van der Waals surface area contributed by atoms with E-state index in [9.17, 15) is 4.79 Å². The maximum absolute atomic E-state index is 12.2. The van der Waals surface area contributed by atoms with Crippen LogP contribution in [0.1, 0.15) is 19.3 Å². The summed E-state index contributed by atoms with van der Waals surface area (Å²) in [5.41, 5.74) is 2.08. The Morgan fingerprint density at radius 1 is 1.14 bits per heavy atom.